The third-order valence-corrected chi connectivity index (χ3v) is 3.60. The molecule has 0 aliphatic heterocycles. The van der Waals surface area contributed by atoms with E-state index in [4.69, 9.17) is 0 Å². The van der Waals surface area contributed by atoms with Gasteiger partial charge in [0, 0.05) is 0 Å². The molecule has 0 aliphatic rings. The maximum absolute atomic E-state index is 2.24. The second-order valence-electron chi connectivity index (χ2n) is 5.50. The zero-order valence-corrected chi connectivity index (χ0v) is 18.5. The molecule has 0 atom stereocenters. The van der Waals surface area contributed by atoms with Crippen LogP contribution in [0.3, 0.4) is 0 Å². The molecule has 23 heavy (non-hydrogen) atoms. The number of halogens is 2. The van der Waals surface area contributed by atoms with Crippen molar-refractivity contribution < 1.29 is 51.0 Å². The van der Waals surface area contributed by atoms with Crippen molar-refractivity contribution in [3.05, 3.63) is 59.7 Å². The number of unbranched alkanes of at least 4 members (excludes halogenated alkanes) is 4. The van der Waals surface area contributed by atoms with Crippen LogP contribution in [0.15, 0.2) is 48.5 Å². The summed E-state index contributed by atoms with van der Waals surface area (Å²) in [5.41, 5.74) is 2.99. The van der Waals surface area contributed by atoms with E-state index in [0.717, 1.165) is 0 Å². The molecule has 2 aromatic rings. The van der Waals surface area contributed by atoms with Gasteiger partial charge in [-0.3, -0.25) is 0 Å². The number of hydrogen-bond acceptors (Lipinski definition) is 0. The summed E-state index contributed by atoms with van der Waals surface area (Å²) in [5.74, 6) is 0. The molecule has 0 radical (unpaired) electrons. The van der Waals surface area contributed by atoms with Crippen LogP contribution in [0.2, 0.25) is 0 Å². The second-order valence-corrected chi connectivity index (χ2v) is 5.50. The van der Waals surface area contributed by atoms with Crippen LogP contribution in [-0.2, 0) is 39.0 Å². The van der Waals surface area contributed by atoms with Gasteiger partial charge in [0.1, 0.15) is 0 Å². The van der Waals surface area contributed by atoms with Crippen LogP contribution in [0.5, 0.6) is 0 Å². The summed E-state index contributed by atoms with van der Waals surface area (Å²) in [5, 5.41) is 0. The van der Waals surface area contributed by atoms with Crippen molar-refractivity contribution in [1.29, 1.82) is 0 Å². The third kappa shape index (κ3) is 15.4. The summed E-state index contributed by atoms with van der Waals surface area (Å²) in [6.07, 6.45) is 10.6. The van der Waals surface area contributed by atoms with Crippen molar-refractivity contribution in [2.75, 3.05) is 0 Å². The Labute approximate surface area is 175 Å². The smallest absolute Gasteiger partial charge is 1.00 e. The minimum Gasteiger partial charge on any atom is -1.00 e. The van der Waals surface area contributed by atoms with E-state index in [0.29, 0.717) is 0 Å². The Balaban J connectivity index is -0.000000308. The first-order chi connectivity index (χ1) is 9.86. The van der Waals surface area contributed by atoms with E-state index in [-0.39, 0.29) is 51.0 Å². The molecule has 2 aromatic carbocycles. The maximum Gasteiger partial charge on any atom is 4.00 e. The van der Waals surface area contributed by atoms with Crippen molar-refractivity contribution in [3.8, 4) is 0 Å². The van der Waals surface area contributed by atoms with E-state index in [1.165, 1.54) is 62.5 Å². The monoisotopic (exact) mass is 430 g/mol. The predicted octanol–water partition coefficient (Wildman–Crippen LogP) is 0.282. The van der Waals surface area contributed by atoms with Gasteiger partial charge in [0.25, 0.3) is 0 Å². The summed E-state index contributed by atoms with van der Waals surface area (Å²) in [7, 11) is 0. The molecule has 3 heteroatoms. The largest absolute Gasteiger partial charge is 4.00 e. The fourth-order valence-electron chi connectivity index (χ4n) is 2.32. The van der Waals surface area contributed by atoms with Gasteiger partial charge in [-0.2, -0.15) is 35.4 Å². The van der Waals surface area contributed by atoms with Gasteiger partial charge in [-0.25, -0.2) is 24.3 Å². The van der Waals surface area contributed by atoms with Gasteiger partial charge in [0.05, 0.1) is 0 Å². The third-order valence-electron chi connectivity index (χ3n) is 3.60. The van der Waals surface area contributed by atoms with Crippen molar-refractivity contribution in [3.63, 3.8) is 0 Å². The first-order valence-corrected chi connectivity index (χ1v) is 8.28. The van der Waals surface area contributed by atoms with Gasteiger partial charge in [0.2, 0.25) is 0 Å². The standard InChI is InChI=1S/2C10H15.2ClH.Zr/c2*1-2-3-4-7-10-8-5-6-9-10;;;/h2*5-6,8-9H,2-4,7H2,1H3;2*1H;/q2*-1;;;+4/p-2. The SMILES string of the molecule is CCCCC[c-]1cccc1.CCCCC[c-]1cccc1.[Cl-].[Cl-].[Zr+4]. The molecule has 0 amide bonds. The Bertz CT molecular complexity index is 353. The molecule has 0 bridgehead atoms. The molecule has 0 spiro atoms. The number of aryl methyl sites for hydroxylation is 2. The van der Waals surface area contributed by atoms with Gasteiger partial charge in [-0.1, -0.05) is 65.2 Å². The van der Waals surface area contributed by atoms with Crippen LogP contribution in [0.25, 0.3) is 0 Å². The first kappa shape index (κ1) is 28.0. The summed E-state index contributed by atoms with van der Waals surface area (Å²) >= 11 is 0. The van der Waals surface area contributed by atoms with E-state index in [1.807, 2.05) is 0 Å². The molecule has 0 nitrogen and oxygen atoms in total. The van der Waals surface area contributed by atoms with Gasteiger partial charge in [-0.15, -0.1) is 0 Å². The van der Waals surface area contributed by atoms with E-state index in [2.05, 4.69) is 62.4 Å². The Morgan fingerprint density at radius 1 is 0.565 bits per heavy atom. The van der Waals surface area contributed by atoms with E-state index in [1.54, 1.807) is 0 Å². The summed E-state index contributed by atoms with van der Waals surface area (Å²) in [4.78, 5) is 0. The quantitative estimate of drug-likeness (QED) is 0.415. The topological polar surface area (TPSA) is 0 Å². The van der Waals surface area contributed by atoms with Gasteiger partial charge < -0.3 is 24.8 Å². The van der Waals surface area contributed by atoms with Crippen LogP contribution in [-0.4, -0.2) is 0 Å². The molecule has 0 unspecified atom stereocenters. The molecule has 0 N–H and O–H groups in total. The average molecular weight is 433 g/mol. The Kier molecular flexibility index (Phi) is 24.6. The molecule has 0 aromatic heterocycles. The van der Waals surface area contributed by atoms with E-state index >= 15 is 0 Å². The molecule has 0 fully saturated rings. The molecule has 128 valence electrons. The zero-order valence-electron chi connectivity index (χ0n) is 14.5. The average Bonchev–Trinajstić information content (AvgIpc) is 3.13. The number of rotatable bonds is 8. The molecular formula is C20H30Cl2Zr. The van der Waals surface area contributed by atoms with Crippen LogP contribution in [0, 0.1) is 0 Å². The van der Waals surface area contributed by atoms with Gasteiger partial charge in [0.15, 0.2) is 0 Å². The van der Waals surface area contributed by atoms with Crippen molar-refractivity contribution in [2.45, 2.75) is 65.2 Å². The van der Waals surface area contributed by atoms with Crippen LogP contribution in [0.4, 0.5) is 0 Å². The van der Waals surface area contributed by atoms with E-state index in [9.17, 15) is 0 Å². The normalized spacial score (nSPS) is 8.78. The van der Waals surface area contributed by atoms with Gasteiger partial charge >= 0.3 is 26.2 Å². The van der Waals surface area contributed by atoms with Crippen molar-refractivity contribution in [1.82, 2.24) is 0 Å². The molecule has 0 aliphatic carbocycles. The number of hydrogen-bond donors (Lipinski definition) is 0. The fourth-order valence-corrected chi connectivity index (χ4v) is 2.32. The predicted molar refractivity (Wildman–Crippen MR) is 90.5 cm³/mol. The molecule has 0 saturated heterocycles. The maximum atomic E-state index is 2.24. The van der Waals surface area contributed by atoms with E-state index < -0.39 is 0 Å². The first-order valence-electron chi connectivity index (χ1n) is 8.28. The van der Waals surface area contributed by atoms with Crippen LogP contribution < -0.4 is 24.8 Å². The fraction of sp³-hybridized carbons (Fsp3) is 0.500. The molecule has 0 heterocycles. The summed E-state index contributed by atoms with van der Waals surface area (Å²) in [6, 6.07) is 17.3. The second kappa shape index (κ2) is 20.2. The molecule has 0 saturated carbocycles. The van der Waals surface area contributed by atoms with Crippen LogP contribution >= 0.6 is 0 Å². The zero-order chi connectivity index (χ0) is 14.5. The molecule has 2 rings (SSSR count). The Morgan fingerprint density at radius 2 is 0.870 bits per heavy atom. The van der Waals surface area contributed by atoms with Crippen molar-refractivity contribution in [2.24, 2.45) is 0 Å². The Morgan fingerprint density at radius 3 is 1.13 bits per heavy atom. The van der Waals surface area contributed by atoms with Crippen molar-refractivity contribution >= 4 is 0 Å². The summed E-state index contributed by atoms with van der Waals surface area (Å²) < 4.78 is 0. The minimum atomic E-state index is 0. The minimum absolute atomic E-state index is 0. The van der Waals surface area contributed by atoms with Gasteiger partial charge in [-0.05, 0) is 0 Å². The molecular weight excluding hydrogens is 402 g/mol. The van der Waals surface area contributed by atoms with Crippen LogP contribution in [0.1, 0.15) is 63.5 Å². The Hall–Kier alpha value is 0.163. The summed E-state index contributed by atoms with van der Waals surface area (Å²) in [6.45, 7) is 4.48.